The van der Waals surface area contributed by atoms with Crippen LogP contribution in [0.15, 0.2) is 42.5 Å². The zero-order valence-electron chi connectivity index (χ0n) is 15.0. The van der Waals surface area contributed by atoms with Crippen molar-refractivity contribution in [1.82, 2.24) is 0 Å². The predicted octanol–water partition coefficient (Wildman–Crippen LogP) is 4.67. The second-order valence-corrected chi connectivity index (χ2v) is 6.05. The van der Waals surface area contributed by atoms with Crippen LogP contribution < -0.4 is 19.7 Å². The zero-order chi connectivity index (χ0) is 20.0. The molecule has 0 heterocycles. The Morgan fingerprint density at radius 3 is 2.59 bits per heavy atom. The van der Waals surface area contributed by atoms with E-state index in [0.29, 0.717) is 10.7 Å². The Labute approximate surface area is 161 Å². The molecule has 27 heavy (non-hydrogen) atoms. The van der Waals surface area contributed by atoms with Gasteiger partial charge < -0.3 is 19.7 Å². The van der Waals surface area contributed by atoms with Crippen LogP contribution in [0.4, 0.5) is 20.2 Å². The molecule has 0 bridgehead atoms. The normalized spacial score (nSPS) is 10.9. The van der Waals surface area contributed by atoms with E-state index in [9.17, 15) is 13.6 Å². The third-order valence-corrected chi connectivity index (χ3v) is 3.85. The number of hydrogen-bond donors (Lipinski definition) is 1. The van der Waals surface area contributed by atoms with Gasteiger partial charge in [0.25, 0.3) is 0 Å². The molecule has 0 saturated heterocycles. The van der Waals surface area contributed by atoms with E-state index in [4.69, 9.17) is 16.3 Å². The number of halogens is 3. The third kappa shape index (κ3) is 5.59. The highest BCUT2D eigenvalue weighted by atomic mass is 35.5. The first kappa shape index (κ1) is 20.5. The average Bonchev–Trinajstić information content (AvgIpc) is 2.60. The first-order chi connectivity index (χ1) is 12.8. The Hall–Kier alpha value is -2.80. The van der Waals surface area contributed by atoms with E-state index in [1.54, 1.807) is 24.3 Å². The molecule has 2 aromatic rings. The molecule has 0 unspecified atom stereocenters. The molecule has 0 radical (unpaired) electrons. The SMILES string of the molecule is COc1cccc(C=CC(=O)Nc2ccc(N(C)C)c(Cl)c2)c1OC(F)F. The number of hydrogen-bond acceptors (Lipinski definition) is 4. The quantitative estimate of drug-likeness (QED) is 0.691. The van der Waals surface area contributed by atoms with Gasteiger partial charge in [0.1, 0.15) is 0 Å². The standard InChI is InChI=1S/C19H19ClF2N2O3/c1-24(2)15-9-8-13(11-14(15)20)23-17(25)10-7-12-5-4-6-16(26-3)18(12)27-19(21)22/h4-11,19H,1-3H3,(H,23,25). The summed E-state index contributed by atoms with van der Waals surface area (Å²) in [6.45, 7) is -3.01. The van der Waals surface area contributed by atoms with Gasteiger partial charge in [-0.3, -0.25) is 4.79 Å². The van der Waals surface area contributed by atoms with Crippen LogP contribution in [0.2, 0.25) is 5.02 Å². The number of carbonyl (C=O) groups excluding carboxylic acids is 1. The van der Waals surface area contributed by atoms with Crippen molar-refractivity contribution in [2.75, 3.05) is 31.4 Å². The molecule has 0 spiro atoms. The fraction of sp³-hybridized carbons (Fsp3) is 0.211. The largest absolute Gasteiger partial charge is 0.493 e. The van der Waals surface area contributed by atoms with Crippen molar-refractivity contribution < 1.29 is 23.0 Å². The van der Waals surface area contributed by atoms with Crippen LogP contribution in [0, 0.1) is 0 Å². The van der Waals surface area contributed by atoms with Crippen LogP contribution in [0.3, 0.4) is 0 Å². The van der Waals surface area contributed by atoms with Crippen molar-refractivity contribution in [2.24, 2.45) is 0 Å². The van der Waals surface area contributed by atoms with Gasteiger partial charge in [-0.2, -0.15) is 8.78 Å². The highest BCUT2D eigenvalue weighted by molar-refractivity contribution is 6.33. The molecule has 0 aliphatic rings. The number of carbonyl (C=O) groups is 1. The summed E-state index contributed by atoms with van der Waals surface area (Å²) < 4.78 is 34.8. The van der Waals surface area contributed by atoms with Crippen LogP contribution >= 0.6 is 11.6 Å². The zero-order valence-corrected chi connectivity index (χ0v) is 15.8. The van der Waals surface area contributed by atoms with Crippen LogP contribution in [0.25, 0.3) is 6.08 Å². The fourth-order valence-corrected chi connectivity index (χ4v) is 2.69. The summed E-state index contributed by atoms with van der Waals surface area (Å²) >= 11 is 6.17. The Bertz CT molecular complexity index is 842. The van der Waals surface area contributed by atoms with E-state index in [0.717, 1.165) is 5.69 Å². The molecule has 1 amide bonds. The van der Waals surface area contributed by atoms with Crippen LogP contribution in [0.1, 0.15) is 5.56 Å². The van der Waals surface area contributed by atoms with Gasteiger partial charge in [0, 0.05) is 31.4 Å². The highest BCUT2D eigenvalue weighted by Crippen LogP contribution is 2.33. The summed E-state index contributed by atoms with van der Waals surface area (Å²) in [6, 6.07) is 9.74. The molecular formula is C19H19ClF2N2O3. The molecule has 144 valence electrons. The predicted molar refractivity (Wildman–Crippen MR) is 103 cm³/mol. The third-order valence-electron chi connectivity index (χ3n) is 3.55. The number of anilines is 2. The second-order valence-electron chi connectivity index (χ2n) is 5.64. The number of para-hydroxylation sites is 1. The van der Waals surface area contributed by atoms with Gasteiger partial charge in [-0.15, -0.1) is 0 Å². The van der Waals surface area contributed by atoms with Crippen LogP contribution in [-0.2, 0) is 4.79 Å². The number of amides is 1. The number of rotatable bonds is 7. The van der Waals surface area contributed by atoms with E-state index in [1.807, 2.05) is 19.0 Å². The summed E-state index contributed by atoms with van der Waals surface area (Å²) in [7, 11) is 5.06. The molecule has 2 aromatic carbocycles. The maximum absolute atomic E-state index is 12.6. The maximum Gasteiger partial charge on any atom is 0.387 e. The monoisotopic (exact) mass is 396 g/mol. The maximum atomic E-state index is 12.6. The van der Waals surface area contributed by atoms with Crippen molar-refractivity contribution in [2.45, 2.75) is 6.61 Å². The minimum atomic E-state index is -3.01. The smallest absolute Gasteiger partial charge is 0.387 e. The van der Waals surface area contributed by atoms with Gasteiger partial charge in [0.15, 0.2) is 11.5 Å². The molecule has 0 fully saturated rings. The van der Waals surface area contributed by atoms with Gasteiger partial charge in [0.05, 0.1) is 17.8 Å². The van der Waals surface area contributed by atoms with E-state index < -0.39 is 12.5 Å². The Balaban J connectivity index is 2.16. The van der Waals surface area contributed by atoms with E-state index in [2.05, 4.69) is 10.1 Å². The highest BCUT2D eigenvalue weighted by Gasteiger charge is 2.14. The lowest BCUT2D eigenvalue weighted by Crippen LogP contribution is -2.11. The molecule has 5 nitrogen and oxygen atoms in total. The van der Waals surface area contributed by atoms with Gasteiger partial charge >= 0.3 is 6.61 Å². The fourth-order valence-electron chi connectivity index (χ4n) is 2.34. The number of alkyl halides is 2. The lowest BCUT2D eigenvalue weighted by molar-refractivity contribution is -0.111. The lowest BCUT2D eigenvalue weighted by atomic mass is 10.1. The van der Waals surface area contributed by atoms with Crippen molar-refractivity contribution in [1.29, 1.82) is 0 Å². The summed E-state index contributed by atoms with van der Waals surface area (Å²) in [5, 5.41) is 3.15. The lowest BCUT2D eigenvalue weighted by Gasteiger charge is -2.15. The molecule has 0 saturated carbocycles. The molecule has 8 heteroatoms. The van der Waals surface area contributed by atoms with Crippen molar-refractivity contribution in [3.63, 3.8) is 0 Å². The Morgan fingerprint density at radius 2 is 2.00 bits per heavy atom. The molecular weight excluding hydrogens is 378 g/mol. The number of methoxy groups -OCH3 is 1. The average molecular weight is 397 g/mol. The first-order valence-electron chi connectivity index (χ1n) is 7.89. The number of ether oxygens (including phenoxy) is 2. The topological polar surface area (TPSA) is 50.8 Å². The summed E-state index contributed by atoms with van der Waals surface area (Å²) in [5.74, 6) is -0.448. The molecule has 0 aliphatic carbocycles. The number of benzene rings is 2. The summed E-state index contributed by atoms with van der Waals surface area (Å²) in [5.41, 5.74) is 1.61. The summed E-state index contributed by atoms with van der Waals surface area (Å²) in [6.07, 6.45) is 2.58. The second kappa shape index (κ2) is 9.23. The molecule has 2 rings (SSSR count). The van der Waals surface area contributed by atoms with Gasteiger partial charge in [0.2, 0.25) is 5.91 Å². The minimum absolute atomic E-state index is 0.141. The number of nitrogens with zero attached hydrogens (tertiary/aromatic N) is 1. The first-order valence-corrected chi connectivity index (χ1v) is 8.27. The molecule has 0 aromatic heterocycles. The van der Waals surface area contributed by atoms with Crippen LogP contribution in [-0.4, -0.2) is 33.7 Å². The minimum Gasteiger partial charge on any atom is -0.493 e. The van der Waals surface area contributed by atoms with E-state index in [1.165, 1.54) is 31.4 Å². The van der Waals surface area contributed by atoms with Crippen molar-refractivity contribution in [3.05, 3.63) is 53.1 Å². The van der Waals surface area contributed by atoms with Gasteiger partial charge in [-0.1, -0.05) is 23.7 Å². The molecule has 1 N–H and O–H groups in total. The van der Waals surface area contributed by atoms with Gasteiger partial charge in [-0.05, 0) is 30.3 Å². The van der Waals surface area contributed by atoms with Gasteiger partial charge in [-0.25, -0.2) is 0 Å². The molecule has 0 atom stereocenters. The Kier molecular flexibility index (Phi) is 7.01. The van der Waals surface area contributed by atoms with E-state index >= 15 is 0 Å². The van der Waals surface area contributed by atoms with Crippen molar-refractivity contribution in [3.8, 4) is 11.5 Å². The number of nitrogens with one attached hydrogen (secondary N) is 1. The van der Waals surface area contributed by atoms with Crippen LogP contribution in [0.5, 0.6) is 11.5 Å². The van der Waals surface area contributed by atoms with Crippen molar-refractivity contribution >= 4 is 35.0 Å². The summed E-state index contributed by atoms with van der Waals surface area (Å²) in [4.78, 5) is 14.0. The molecule has 0 aliphatic heterocycles. The Morgan fingerprint density at radius 1 is 1.26 bits per heavy atom. The van der Waals surface area contributed by atoms with E-state index in [-0.39, 0.29) is 17.1 Å².